The molecular formula is C22H31N5O2. The first-order valence-corrected chi connectivity index (χ1v) is 10.9. The van der Waals surface area contributed by atoms with Crippen molar-refractivity contribution in [3.05, 3.63) is 40.4 Å². The van der Waals surface area contributed by atoms with Gasteiger partial charge in [-0.1, -0.05) is 19.8 Å². The van der Waals surface area contributed by atoms with Crippen LogP contribution in [0.3, 0.4) is 0 Å². The van der Waals surface area contributed by atoms with Gasteiger partial charge < -0.3 is 15.4 Å². The van der Waals surface area contributed by atoms with Gasteiger partial charge in [0.1, 0.15) is 11.6 Å². The third kappa shape index (κ3) is 4.85. The number of hydrogen-bond acceptors (Lipinski definition) is 6. The zero-order chi connectivity index (χ0) is 20.2. The molecular weight excluding hydrogens is 366 g/mol. The SMILES string of the molecule is CCc1cc(=O)[nH]c(-c2ccc(NC3CCN(C4CCCCC4O)CC3)nc2)n1. The Morgan fingerprint density at radius 1 is 1.21 bits per heavy atom. The molecule has 29 heavy (non-hydrogen) atoms. The number of aliphatic hydroxyl groups excluding tert-OH is 1. The molecule has 0 aromatic carbocycles. The second-order valence-corrected chi connectivity index (χ2v) is 8.24. The van der Waals surface area contributed by atoms with E-state index < -0.39 is 0 Å². The molecule has 7 nitrogen and oxygen atoms in total. The highest BCUT2D eigenvalue weighted by Gasteiger charge is 2.31. The summed E-state index contributed by atoms with van der Waals surface area (Å²) in [7, 11) is 0. The Labute approximate surface area is 171 Å². The third-order valence-electron chi connectivity index (χ3n) is 6.24. The van der Waals surface area contributed by atoms with Crippen LogP contribution < -0.4 is 10.9 Å². The molecule has 2 fully saturated rings. The van der Waals surface area contributed by atoms with Gasteiger partial charge in [0, 0.05) is 48.7 Å². The van der Waals surface area contributed by atoms with Crippen molar-refractivity contribution in [1.82, 2.24) is 19.9 Å². The number of pyridine rings is 1. The summed E-state index contributed by atoms with van der Waals surface area (Å²) in [4.78, 5) is 26.1. The maximum absolute atomic E-state index is 11.8. The lowest BCUT2D eigenvalue weighted by Gasteiger charge is -2.41. The van der Waals surface area contributed by atoms with Crippen molar-refractivity contribution < 1.29 is 5.11 Å². The van der Waals surface area contributed by atoms with Gasteiger partial charge in [-0.05, 0) is 44.2 Å². The Balaban J connectivity index is 1.34. The fraction of sp³-hybridized carbons (Fsp3) is 0.591. The average molecular weight is 398 g/mol. The number of hydrogen-bond donors (Lipinski definition) is 3. The lowest BCUT2D eigenvalue weighted by atomic mass is 9.89. The molecule has 7 heteroatoms. The minimum Gasteiger partial charge on any atom is -0.391 e. The van der Waals surface area contributed by atoms with Gasteiger partial charge in [-0.15, -0.1) is 0 Å². The second kappa shape index (κ2) is 9.05. The molecule has 156 valence electrons. The van der Waals surface area contributed by atoms with Gasteiger partial charge in [0.05, 0.1) is 6.10 Å². The largest absolute Gasteiger partial charge is 0.391 e. The Bertz CT molecular complexity index is 858. The van der Waals surface area contributed by atoms with Crippen molar-refractivity contribution in [3.63, 3.8) is 0 Å². The number of piperidine rings is 1. The summed E-state index contributed by atoms with van der Waals surface area (Å²) in [6.45, 7) is 4.02. The van der Waals surface area contributed by atoms with Gasteiger partial charge in [-0.25, -0.2) is 9.97 Å². The van der Waals surface area contributed by atoms with Crippen LogP contribution in [0.1, 0.15) is 51.1 Å². The first kappa shape index (κ1) is 20.0. The van der Waals surface area contributed by atoms with Crippen LogP contribution in [0.4, 0.5) is 5.82 Å². The zero-order valence-electron chi connectivity index (χ0n) is 17.1. The summed E-state index contributed by atoms with van der Waals surface area (Å²) in [6, 6.07) is 6.17. The Morgan fingerprint density at radius 3 is 2.69 bits per heavy atom. The van der Waals surface area contributed by atoms with Crippen LogP contribution >= 0.6 is 0 Å². The van der Waals surface area contributed by atoms with Gasteiger partial charge in [0.25, 0.3) is 5.56 Å². The van der Waals surface area contributed by atoms with E-state index in [9.17, 15) is 9.90 Å². The van der Waals surface area contributed by atoms with Crippen LogP contribution in [0.15, 0.2) is 29.2 Å². The normalized spacial score (nSPS) is 23.8. The summed E-state index contributed by atoms with van der Waals surface area (Å²) in [5.74, 6) is 1.41. The number of rotatable bonds is 5. The van der Waals surface area contributed by atoms with E-state index in [1.165, 1.54) is 12.5 Å². The molecule has 2 aromatic heterocycles. The highest BCUT2D eigenvalue weighted by Crippen LogP contribution is 2.26. The Kier molecular flexibility index (Phi) is 6.25. The number of anilines is 1. The summed E-state index contributed by atoms with van der Waals surface area (Å²) in [6.07, 6.45) is 8.89. The summed E-state index contributed by atoms with van der Waals surface area (Å²) in [5.41, 5.74) is 1.45. The van der Waals surface area contributed by atoms with E-state index in [4.69, 9.17) is 0 Å². The topological polar surface area (TPSA) is 94.1 Å². The molecule has 2 atom stereocenters. The number of nitrogens with one attached hydrogen (secondary N) is 2. The number of aromatic nitrogens is 3. The van der Waals surface area contributed by atoms with Gasteiger partial charge in [-0.3, -0.25) is 9.69 Å². The highest BCUT2D eigenvalue weighted by molar-refractivity contribution is 5.56. The molecule has 1 aliphatic heterocycles. The lowest BCUT2D eigenvalue weighted by Crippen LogP contribution is -2.50. The number of nitrogens with zero attached hydrogens (tertiary/aromatic N) is 3. The number of aliphatic hydroxyl groups is 1. The molecule has 0 bridgehead atoms. The van der Waals surface area contributed by atoms with Crippen molar-refractivity contribution in [3.8, 4) is 11.4 Å². The molecule has 0 spiro atoms. The van der Waals surface area contributed by atoms with E-state index in [1.807, 2.05) is 19.1 Å². The number of aryl methyl sites for hydroxylation is 1. The summed E-state index contributed by atoms with van der Waals surface area (Å²) >= 11 is 0. The van der Waals surface area contributed by atoms with Crippen molar-refractivity contribution in [1.29, 1.82) is 0 Å². The first-order valence-electron chi connectivity index (χ1n) is 10.9. The molecule has 1 aliphatic carbocycles. The molecule has 2 aromatic rings. The van der Waals surface area contributed by atoms with Crippen molar-refractivity contribution in [2.45, 2.75) is 70.1 Å². The van der Waals surface area contributed by atoms with Crippen LogP contribution in [0.25, 0.3) is 11.4 Å². The standard InChI is InChI=1S/C22H31N5O2/c1-2-16-13-21(29)26-22(25-16)15-7-8-20(23-14-15)24-17-9-11-27(12-10-17)18-5-3-4-6-19(18)28/h7-8,13-14,17-19,28H,2-6,9-12H2,1H3,(H,23,24)(H,25,26,29). The average Bonchev–Trinajstić information content (AvgIpc) is 2.75. The Hall–Kier alpha value is -2.25. The monoisotopic (exact) mass is 397 g/mol. The number of H-pyrrole nitrogens is 1. The van der Waals surface area contributed by atoms with Crippen LogP contribution in [-0.2, 0) is 6.42 Å². The molecule has 0 amide bonds. The predicted molar refractivity (Wildman–Crippen MR) is 114 cm³/mol. The molecule has 2 aliphatic rings. The van der Waals surface area contributed by atoms with Crippen LogP contribution in [0.2, 0.25) is 0 Å². The van der Waals surface area contributed by atoms with E-state index in [0.29, 0.717) is 17.9 Å². The molecule has 3 N–H and O–H groups in total. The summed E-state index contributed by atoms with van der Waals surface area (Å²) < 4.78 is 0. The highest BCUT2D eigenvalue weighted by atomic mass is 16.3. The van der Waals surface area contributed by atoms with Crippen molar-refractivity contribution in [2.75, 3.05) is 18.4 Å². The van der Waals surface area contributed by atoms with Gasteiger partial charge >= 0.3 is 0 Å². The third-order valence-corrected chi connectivity index (χ3v) is 6.24. The molecule has 0 radical (unpaired) electrons. The fourth-order valence-corrected chi connectivity index (χ4v) is 4.55. The first-order chi connectivity index (χ1) is 14.1. The zero-order valence-corrected chi connectivity index (χ0v) is 17.1. The van der Waals surface area contributed by atoms with Crippen LogP contribution in [0, 0.1) is 0 Å². The minimum atomic E-state index is -0.159. The molecule has 3 heterocycles. The maximum Gasteiger partial charge on any atom is 0.251 e. The minimum absolute atomic E-state index is 0.135. The van der Waals surface area contributed by atoms with Gasteiger partial charge in [-0.2, -0.15) is 0 Å². The molecule has 4 rings (SSSR count). The smallest absolute Gasteiger partial charge is 0.251 e. The van der Waals surface area contributed by atoms with E-state index in [0.717, 1.165) is 68.7 Å². The predicted octanol–water partition coefficient (Wildman–Crippen LogP) is 2.57. The fourth-order valence-electron chi connectivity index (χ4n) is 4.55. The second-order valence-electron chi connectivity index (χ2n) is 8.24. The molecule has 2 unspecified atom stereocenters. The summed E-state index contributed by atoms with van der Waals surface area (Å²) in [5, 5.41) is 13.8. The van der Waals surface area contributed by atoms with E-state index >= 15 is 0 Å². The van der Waals surface area contributed by atoms with E-state index in [1.54, 1.807) is 6.20 Å². The maximum atomic E-state index is 11.8. The number of aromatic amines is 1. The van der Waals surface area contributed by atoms with Crippen LogP contribution in [0.5, 0.6) is 0 Å². The van der Waals surface area contributed by atoms with Crippen molar-refractivity contribution in [2.24, 2.45) is 0 Å². The van der Waals surface area contributed by atoms with E-state index in [-0.39, 0.29) is 11.7 Å². The number of likely N-dealkylation sites (tertiary alicyclic amines) is 1. The molecule has 1 saturated heterocycles. The van der Waals surface area contributed by atoms with Gasteiger partial charge in [0.2, 0.25) is 0 Å². The van der Waals surface area contributed by atoms with Gasteiger partial charge in [0.15, 0.2) is 0 Å². The van der Waals surface area contributed by atoms with E-state index in [2.05, 4.69) is 25.2 Å². The molecule has 1 saturated carbocycles. The van der Waals surface area contributed by atoms with Crippen molar-refractivity contribution >= 4 is 5.82 Å². The lowest BCUT2D eigenvalue weighted by molar-refractivity contribution is 0.00992. The quantitative estimate of drug-likeness (QED) is 0.718. The Morgan fingerprint density at radius 2 is 2.00 bits per heavy atom. The van der Waals surface area contributed by atoms with Crippen LogP contribution in [-0.4, -0.2) is 56.2 Å².